The van der Waals surface area contributed by atoms with Gasteiger partial charge in [-0.15, -0.1) is 0 Å². The van der Waals surface area contributed by atoms with Crippen LogP contribution in [0.5, 0.6) is 5.75 Å². The molecule has 1 aliphatic rings. The third kappa shape index (κ3) is 4.38. The third-order valence-corrected chi connectivity index (χ3v) is 4.52. The lowest BCUT2D eigenvalue weighted by Crippen LogP contribution is -2.17. The largest absolute Gasteiger partial charge is 0.494 e. The molecule has 1 aromatic carbocycles. The number of hydrogen-bond donors (Lipinski definition) is 2. The van der Waals surface area contributed by atoms with E-state index >= 15 is 0 Å². The van der Waals surface area contributed by atoms with Crippen molar-refractivity contribution in [1.29, 1.82) is 0 Å². The Morgan fingerprint density at radius 1 is 1.38 bits per heavy atom. The summed E-state index contributed by atoms with van der Waals surface area (Å²) in [4.78, 5) is 7.98. The molecule has 0 spiro atoms. The summed E-state index contributed by atoms with van der Waals surface area (Å²) in [5.41, 5.74) is 2.07. The molecule has 21 heavy (non-hydrogen) atoms. The van der Waals surface area contributed by atoms with E-state index in [0.717, 1.165) is 40.3 Å². The topological polar surface area (TPSA) is 49.9 Å². The lowest BCUT2D eigenvalue weighted by Gasteiger charge is -2.01. The molecule has 0 aliphatic heterocycles. The van der Waals surface area contributed by atoms with E-state index in [4.69, 9.17) is 4.74 Å². The van der Waals surface area contributed by atoms with Crippen molar-refractivity contribution in [2.24, 2.45) is 0 Å². The number of imidazole rings is 1. The number of H-pyrrole nitrogens is 1. The monoisotopic (exact) mass is 305 g/mol. The van der Waals surface area contributed by atoms with Crippen molar-refractivity contribution < 1.29 is 4.74 Å². The van der Waals surface area contributed by atoms with Crippen LogP contribution in [0.15, 0.2) is 23.4 Å². The Labute approximate surface area is 130 Å². The Morgan fingerprint density at radius 3 is 3.10 bits per heavy atom. The molecule has 114 valence electrons. The molecule has 0 bridgehead atoms. The minimum Gasteiger partial charge on any atom is -0.494 e. The lowest BCUT2D eigenvalue weighted by atomic mass is 10.3. The summed E-state index contributed by atoms with van der Waals surface area (Å²) in [6.07, 6.45) is 5.22. The molecule has 1 saturated carbocycles. The smallest absolute Gasteiger partial charge is 0.166 e. The zero-order valence-electron chi connectivity index (χ0n) is 12.5. The van der Waals surface area contributed by atoms with Crippen molar-refractivity contribution in [2.75, 3.05) is 18.9 Å². The maximum absolute atomic E-state index is 5.51. The highest BCUT2D eigenvalue weighted by Crippen LogP contribution is 2.24. The number of benzene rings is 1. The molecule has 0 amide bonds. The fourth-order valence-electron chi connectivity index (χ4n) is 2.28. The summed E-state index contributed by atoms with van der Waals surface area (Å²) >= 11 is 1.80. The second-order valence-electron chi connectivity index (χ2n) is 5.44. The first kappa shape index (κ1) is 14.7. The van der Waals surface area contributed by atoms with Gasteiger partial charge in [-0.1, -0.05) is 11.8 Å². The molecule has 2 N–H and O–H groups in total. The van der Waals surface area contributed by atoms with Crippen molar-refractivity contribution in [2.45, 2.75) is 43.8 Å². The Balaban J connectivity index is 1.45. The van der Waals surface area contributed by atoms with Gasteiger partial charge in [-0.2, -0.15) is 0 Å². The van der Waals surface area contributed by atoms with Gasteiger partial charge in [0.05, 0.1) is 17.6 Å². The Morgan fingerprint density at radius 2 is 2.29 bits per heavy atom. The van der Waals surface area contributed by atoms with Crippen LogP contribution < -0.4 is 10.1 Å². The van der Waals surface area contributed by atoms with Crippen LogP contribution in [0.4, 0.5) is 0 Å². The van der Waals surface area contributed by atoms with Gasteiger partial charge in [-0.3, -0.25) is 0 Å². The average Bonchev–Trinajstić information content (AvgIpc) is 3.21. The number of ether oxygens (including phenoxy) is 1. The molecule has 1 aromatic heterocycles. The number of rotatable bonds is 9. The number of thioether (sulfide) groups is 1. The van der Waals surface area contributed by atoms with Crippen LogP contribution in [0.25, 0.3) is 11.0 Å². The van der Waals surface area contributed by atoms with E-state index in [-0.39, 0.29) is 0 Å². The maximum Gasteiger partial charge on any atom is 0.166 e. The maximum atomic E-state index is 5.51. The zero-order chi connectivity index (χ0) is 14.5. The van der Waals surface area contributed by atoms with Crippen LogP contribution in [-0.4, -0.2) is 34.9 Å². The van der Waals surface area contributed by atoms with Crippen molar-refractivity contribution in [1.82, 2.24) is 15.3 Å². The minimum absolute atomic E-state index is 0.691. The standard InChI is InChI=1S/C16H23N3OS/c1-2-20-13-7-8-14-15(11-13)19-16(18-14)21-10-4-3-9-17-12-5-6-12/h7-8,11-12,17H,2-6,9-10H2,1H3,(H,18,19). The van der Waals surface area contributed by atoms with Gasteiger partial charge in [0.15, 0.2) is 5.16 Å². The summed E-state index contributed by atoms with van der Waals surface area (Å²) in [7, 11) is 0. The summed E-state index contributed by atoms with van der Waals surface area (Å²) in [5, 5.41) is 4.56. The van der Waals surface area contributed by atoms with Gasteiger partial charge in [0.25, 0.3) is 0 Å². The fraction of sp³-hybridized carbons (Fsp3) is 0.562. The Kier molecular flexibility index (Phi) is 5.04. The fourth-order valence-corrected chi connectivity index (χ4v) is 3.17. The first-order valence-corrected chi connectivity index (χ1v) is 8.82. The molecule has 4 nitrogen and oxygen atoms in total. The van der Waals surface area contributed by atoms with Crippen LogP contribution in [0.1, 0.15) is 32.6 Å². The summed E-state index contributed by atoms with van der Waals surface area (Å²) < 4.78 is 5.51. The molecule has 3 rings (SSSR count). The molecule has 2 aromatic rings. The number of nitrogens with one attached hydrogen (secondary N) is 2. The van der Waals surface area contributed by atoms with E-state index in [1.807, 2.05) is 25.1 Å². The van der Waals surface area contributed by atoms with Crippen molar-refractivity contribution >= 4 is 22.8 Å². The van der Waals surface area contributed by atoms with Gasteiger partial charge in [0.2, 0.25) is 0 Å². The summed E-state index contributed by atoms with van der Waals surface area (Å²) in [6, 6.07) is 6.84. The van der Waals surface area contributed by atoms with Gasteiger partial charge in [0, 0.05) is 17.9 Å². The molecule has 1 heterocycles. The summed E-state index contributed by atoms with van der Waals surface area (Å²) in [5.74, 6) is 2.01. The second-order valence-corrected chi connectivity index (χ2v) is 6.52. The normalized spacial score (nSPS) is 14.7. The zero-order valence-corrected chi connectivity index (χ0v) is 13.3. The van der Waals surface area contributed by atoms with Gasteiger partial charge in [-0.25, -0.2) is 4.98 Å². The van der Waals surface area contributed by atoms with E-state index < -0.39 is 0 Å². The molecule has 0 radical (unpaired) electrons. The molecule has 0 saturated heterocycles. The van der Waals surface area contributed by atoms with Gasteiger partial charge >= 0.3 is 0 Å². The third-order valence-electron chi connectivity index (χ3n) is 3.56. The van der Waals surface area contributed by atoms with Gasteiger partial charge < -0.3 is 15.0 Å². The van der Waals surface area contributed by atoms with E-state index in [1.54, 1.807) is 11.8 Å². The van der Waals surface area contributed by atoms with E-state index in [9.17, 15) is 0 Å². The first-order valence-electron chi connectivity index (χ1n) is 7.84. The summed E-state index contributed by atoms with van der Waals surface area (Å²) in [6.45, 7) is 3.84. The quantitative estimate of drug-likeness (QED) is 0.549. The predicted molar refractivity (Wildman–Crippen MR) is 88.2 cm³/mol. The molecule has 1 fully saturated rings. The van der Waals surface area contributed by atoms with Crippen LogP contribution in [-0.2, 0) is 0 Å². The average molecular weight is 305 g/mol. The van der Waals surface area contributed by atoms with E-state index in [0.29, 0.717) is 6.61 Å². The van der Waals surface area contributed by atoms with Crippen molar-refractivity contribution in [3.63, 3.8) is 0 Å². The van der Waals surface area contributed by atoms with Crippen molar-refractivity contribution in [3.05, 3.63) is 18.2 Å². The number of aromatic amines is 1. The van der Waals surface area contributed by atoms with Crippen molar-refractivity contribution in [3.8, 4) is 5.75 Å². The highest BCUT2D eigenvalue weighted by Gasteiger charge is 2.19. The second kappa shape index (κ2) is 7.18. The molecule has 0 atom stereocenters. The lowest BCUT2D eigenvalue weighted by molar-refractivity contribution is 0.340. The minimum atomic E-state index is 0.691. The Bertz CT molecular complexity index is 580. The van der Waals surface area contributed by atoms with Crippen LogP contribution in [0.2, 0.25) is 0 Å². The molecule has 0 unspecified atom stereocenters. The Hall–Kier alpha value is -1.20. The highest BCUT2D eigenvalue weighted by atomic mass is 32.2. The van der Waals surface area contributed by atoms with Gasteiger partial charge in [-0.05, 0) is 51.3 Å². The molecular formula is C16H23N3OS. The molecule has 5 heteroatoms. The number of unbranched alkanes of at least 4 members (excludes halogenated alkanes) is 1. The highest BCUT2D eigenvalue weighted by molar-refractivity contribution is 7.99. The SMILES string of the molecule is CCOc1ccc2nc(SCCCCNC3CC3)[nH]c2c1. The van der Waals surface area contributed by atoms with E-state index in [1.165, 1.54) is 25.7 Å². The number of hydrogen-bond acceptors (Lipinski definition) is 4. The number of aromatic nitrogens is 2. The predicted octanol–water partition coefficient (Wildman–Crippen LogP) is 3.59. The number of nitrogens with zero attached hydrogens (tertiary/aromatic N) is 1. The first-order chi connectivity index (χ1) is 10.3. The van der Waals surface area contributed by atoms with E-state index in [2.05, 4.69) is 15.3 Å². The molecule has 1 aliphatic carbocycles. The van der Waals surface area contributed by atoms with Crippen LogP contribution >= 0.6 is 11.8 Å². The van der Waals surface area contributed by atoms with Gasteiger partial charge in [0.1, 0.15) is 5.75 Å². The molecular weight excluding hydrogens is 282 g/mol. The number of fused-ring (bicyclic) bond motifs is 1. The van der Waals surface area contributed by atoms with Crippen LogP contribution in [0.3, 0.4) is 0 Å². The van der Waals surface area contributed by atoms with Crippen LogP contribution in [0, 0.1) is 0 Å².